The first-order valence-corrected chi connectivity index (χ1v) is 5.71. The molecule has 4 nitrogen and oxygen atoms in total. The Balaban J connectivity index is 2.28. The molecular weight excluding hydrogens is 228 g/mol. The summed E-state index contributed by atoms with van der Waals surface area (Å²) in [6, 6.07) is 7.78. The summed E-state index contributed by atoms with van der Waals surface area (Å²) in [6.45, 7) is 1.98. The molecule has 0 radical (unpaired) electrons. The number of carbonyl (C=O) groups is 1. The highest BCUT2D eigenvalue weighted by atomic mass is 16.4. The molecule has 1 N–H and O–H groups in total. The average Bonchev–Trinajstić information content (AvgIpc) is 2.38. The highest BCUT2D eigenvalue weighted by Crippen LogP contribution is 2.20. The molecule has 18 heavy (non-hydrogen) atoms. The first kappa shape index (κ1) is 12.2. The largest absolute Gasteiger partial charge is 0.481 e. The lowest BCUT2D eigenvalue weighted by Gasteiger charge is -2.12. The zero-order valence-electron chi connectivity index (χ0n) is 10.1. The SMILES string of the molecule is Cc1ccccc1CC(C(=O)O)c1cnccn1. The number of rotatable bonds is 4. The molecule has 1 unspecified atom stereocenters. The van der Waals surface area contributed by atoms with Crippen molar-refractivity contribution in [1.29, 1.82) is 0 Å². The van der Waals surface area contributed by atoms with Crippen LogP contribution in [0.4, 0.5) is 0 Å². The number of aliphatic carboxylic acids is 1. The summed E-state index contributed by atoms with van der Waals surface area (Å²) in [5, 5.41) is 9.31. The van der Waals surface area contributed by atoms with Crippen LogP contribution in [0.15, 0.2) is 42.9 Å². The molecule has 1 heterocycles. The minimum absolute atomic E-state index is 0.431. The summed E-state index contributed by atoms with van der Waals surface area (Å²) in [5.41, 5.74) is 2.61. The highest BCUT2D eigenvalue weighted by molar-refractivity contribution is 5.75. The molecule has 0 aliphatic heterocycles. The Labute approximate surface area is 105 Å². The zero-order valence-corrected chi connectivity index (χ0v) is 10.1. The number of carboxylic acid groups (broad SMARTS) is 1. The minimum atomic E-state index is -0.876. The van der Waals surface area contributed by atoms with Gasteiger partial charge in [0.25, 0.3) is 0 Å². The van der Waals surface area contributed by atoms with Crippen molar-refractivity contribution in [3.8, 4) is 0 Å². The molecule has 0 fully saturated rings. The molecule has 1 atom stereocenters. The van der Waals surface area contributed by atoms with Crippen LogP contribution in [0.1, 0.15) is 22.7 Å². The molecule has 0 saturated heterocycles. The summed E-state index contributed by atoms with van der Waals surface area (Å²) in [5.74, 6) is -1.53. The van der Waals surface area contributed by atoms with Crippen molar-refractivity contribution < 1.29 is 9.90 Å². The van der Waals surface area contributed by atoms with Crippen molar-refractivity contribution in [2.45, 2.75) is 19.3 Å². The Hall–Kier alpha value is -2.23. The van der Waals surface area contributed by atoms with Gasteiger partial charge in [0.1, 0.15) is 5.92 Å². The molecule has 0 amide bonds. The fourth-order valence-electron chi connectivity index (χ4n) is 1.87. The highest BCUT2D eigenvalue weighted by Gasteiger charge is 2.22. The molecule has 0 spiro atoms. The summed E-state index contributed by atoms with van der Waals surface area (Å²) < 4.78 is 0. The molecule has 1 aromatic carbocycles. The van der Waals surface area contributed by atoms with Gasteiger partial charge in [-0.2, -0.15) is 0 Å². The van der Waals surface area contributed by atoms with E-state index in [9.17, 15) is 9.90 Å². The van der Waals surface area contributed by atoms with E-state index in [2.05, 4.69) is 9.97 Å². The normalized spacial score (nSPS) is 12.1. The molecular formula is C14H14N2O2. The van der Waals surface area contributed by atoms with Gasteiger partial charge >= 0.3 is 5.97 Å². The van der Waals surface area contributed by atoms with Crippen LogP contribution in [-0.2, 0) is 11.2 Å². The van der Waals surface area contributed by atoms with E-state index in [0.29, 0.717) is 12.1 Å². The van der Waals surface area contributed by atoms with E-state index in [4.69, 9.17) is 0 Å². The third-order valence-electron chi connectivity index (χ3n) is 2.92. The van der Waals surface area contributed by atoms with Crippen molar-refractivity contribution in [2.24, 2.45) is 0 Å². The summed E-state index contributed by atoms with van der Waals surface area (Å²) in [7, 11) is 0. The molecule has 2 aromatic rings. The van der Waals surface area contributed by atoms with E-state index in [0.717, 1.165) is 11.1 Å². The predicted molar refractivity (Wildman–Crippen MR) is 67.3 cm³/mol. The van der Waals surface area contributed by atoms with Crippen LogP contribution in [0.25, 0.3) is 0 Å². The van der Waals surface area contributed by atoms with Gasteiger partial charge in [0.2, 0.25) is 0 Å². The zero-order chi connectivity index (χ0) is 13.0. The first-order valence-electron chi connectivity index (χ1n) is 5.71. The van der Waals surface area contributed by atoms with Crippen LogP contribution in [0.2, 0.25) is 0 Å². The van der Waals surface area contributed by atoms with Crippen LogP contribution in [0.3, 0.4) is 0 Å². The van der Waals surface area contributed by atoms with E-state index >= 15 is 0 Å². The Kier molecular flexibility index (Phi) is 3.67. The van der Waals surface area contributed by atoms with Crippen molar-refractivity contribution >= 4 is 5.97 Å². The summed E-state index contributed by atoms with van der Waals surface area (Å²) >= 11 is 0. The Bertz CT molecular complexity index is 541. The molecule has 0 aliphatic carbocycles. The molecule has 0 bridgehead atoms. The van der Waals surface area contributed by atoms with Crippen LogP contribution >= 0.6 is 0 Å². The van der Waals surface area contributed by atoms with E-state index in [1.165, 1.54) is 18.6 Å². The van der Waals surface area contributed by atoms with Gasteiger partial charge in [-0.3, -0.25) is 14.8 Å². The lowest BCUT2D eigenvalue weighted by molar-refractivity contribution is -0.138. The van der Waals surface area contributed by atoms with Crippen molar-refractivity contribution in [3.05, 3.63) is 59.7 Å². The first-order chi connectivity index (χ1) is 8.68. The maximum absolute atomic E-state index is 11.3. The topological polar surface area (TPSA) is 63.1 Å². The predicted octanol–water partition coefficient (Wildman–Crippen LogP) is 2.20. The van der Waals surface area contributed by atoms with Gasteiger partial charge in [-0.05, 0) is 24.5 Å². The summed E-state index contributed by atoms with van der Waals surface area (Å²) in [4.78, 5) is 19.4. The van der Waals surface area contributed by atoms with E-state index in [1.807, 2.05) is 31.2 Å². The number of hydrogen-bond acceptors (Lipinski definition) is 3. The maximum atomic E-state index is 11.3. The standard InChI is InChI=1S/C14H14N2O2/c1-10-4-2-3-5-11(10)8-12(14(17)18)13-9-15-6-7-16-13/h2-7,9,12H,8H2,1H3,(H,17,18). The lowest BCUT2D eigenvalue weighted by atomic mass is 9.94. The number of benzene rings is 1. The second kappa shape index (κ2) is 5.40. The average molecular weight is 242 g/mol. The van der Waals surface area contributed by atoms with Gasteiger partial charge in [0.15, 0.2) is 0 Å². The number of aromatic nitrogens is 2. The van der Waals surface area contributed by atoms with Gasteiger partial charge < -0.3 is 5.11 Å². The molecule has 2 rings (SSSR count). The fourth-order valence-corrected chi connectivity index (χ4v) is 1.87. The quantitative estimate of drug-likeness (QED) is 0.892. The molecule has 4 heteroatoms. The van der Waals surface area contributed by atoms with Gasteiger partial charge in [0, 0.05) is 18.6 Å². The maximum Gasteiger partial charge on any atom is 0.312 e. The smallest absolute Gasteiger partial charge is 0.312 e. The Morgan fingerprint density at radius 3 is 2.72 bits per heavy atom. The minimum Gasteiger partial charge on any atom is -0.481 e. The number of aryl methyl sites for hydroxylation is 1. The molecule has 92 valence electrons. The number of nitrogens with zero attached hydrogens (tertiary/aromatic N) is 2. The van der Waals surface area contributed by atoms with Crippen LogP contribution < -0.4 is 0 Å². The summed E-state index contributed by atoms with van der Waals surface area (Å²) in [6.07, 6.45) is 5.00. The van der Waals surface area contributed by atoms with Crippen molar-refractivity contribution in [2.75, 3.05) is 0 Å². The third-order valence-corrected chi connectivity index (χ3v) is 2.92. The van der Waals surface area contributed by atoms with Crippen molar-refractivity contribution in [3.63, 3.8) is 0 Å². The Morgan fingerprint density at radius 2 is 2.11 bits per heavy atom. The molecule has 0 saturated carbocycles. The molecule has 0 aliphatic rings. The van der Waals surface area contributed by atoms with Gasteiger partial charge in [0.05, 0.1) is 5.69 Å². The van der Waals surface area contributed by atoms with E-state index in [-0.39, 0.29) is 0 Å². The van der Waals surface area contributed by atoms with Gasteiger partial charge in [-0.25, -0.2) is 0 Å². The number of carboxylic acids is 1. The second-order valence-electron chi connectivity index (χ2n) is 4.15. The van der Waals surface area contributed by atoms with Crippen LogP contribution in [-0.4, -0.2) is 21.0 Å². The lowest BCUT2D eigenvalue weighted by Crippen LogP contribution is -2.16. The fraction of sp³-hybridized carbons (Fsp3) is 0.214. The van der Waals surface area contributed by atoms with E-state index < -0.39 is 11.9 Å². The van der Waals surface area contributed by atoms with E-state index in [1.54, 1.807) is 0 Å². The third kappa shape index (κ3) is 2.71. The van der Waals surface area contributed by atoms with Gasteiger partial charge in [-0.15, -0.1) is 0 Å². The van der Waals surface area contributed by atoms with Gasteiger partial charge in [-0.1, -0.05) is 24.3 Å². The van der Waals surface area contributed by atoms with Crippen molar-refractivity contribution in [1.82, 2.24) is 9.97 Å². The Morgan fingerprint density at radius 1 is 1.33 bits per heavy atom. The molecule has 1 aromatic heterocycles. The number of hydrogen-bond donors (Lipinski definition) is 1. The monoisotopic (exact) mass is 242 g/mol. The second-order valence-corrected chi connectivity index (χ2v) is 4.15. The van der Waals surface area contributed by atoms with Crippen LogP contribution in [0, 0.1) is 6.92 Å². The van der Waals surface area contributed by atoms with Crippen LogP contribution in [0.5, 0.6) is 0 Å².